The van der Waals surface area contributed by atoms with Gasteiger partial charge in [0.1, 0.15) is 11.8 Å². The van der Waals surface area contributed by atoms with E-state index in [1.807, 2.05) is 6.07 Å². The second kappa shape index (κ2) is 6.74. The Balaban J connectivity index is 1.90. The summed E-state index contributed by atoms with van der Waals surface area (Å²) in [5, 5.41) is 24.1. The topological polar surface area (TPSA) is 94.9 Å². The number of phenolic OH excluding ortho intramolecular Hbond substituents is 1. The van der Waals surface area contributed by atoms with E-state index in [2.05, 4.69) is 5.10 Å². The van der Waals surface area contributed by atoms with E-state index in [0.717, 1.165) is 5.01 Å². The number of halogens is 3. The van der Waals surface area contributed by atoms with E-state index in [0.29, 0.717) is 11.3 Å². The van der Waals surface area contributed by atoms with E-state index >= 15 is 0 Å². The van der Waals surface area contributed by atoms with Crippen LogP contribution >= 0.6 is 0 Å². The first kappa shape index (κ1) is 18.7. The number of nitriles is 1. The van der Waals surface area contributed by atoms with Crippen LogP contribution < -0.4 is 10.7 Å². The molecular formula is C20H15F3N4O2. The summed E-state index contributed by atoms with van der Waals surface area (Å²) in [6, 6.07) is 15.8. The van der Waals surface area contributed by atoms with Crippen molar-refractivity contribution in [3.8, 4) is 11.8 Å². The van der Waals surface area contributed by atoms with Gasteiger partial charge in [0.05, 0.1) is 17.2 Å². The third kappa shape index (κ3) is 3.12. The first-order chi connectivity index (χ1) is 13.8. The summed E-state index contributed by atoms with van der Waals surface area (Å²) in [7, 11) is 0. The molecule has 2 aliphatic heterocycles. The molecule has 0 bridgehead atoms. The zero-order valence-electron chi connectivity index (χ0n) is 14.8. The van der Waals surface area contributed by atoms with E-state index in [4.69, 9.17) is 10.5 Å². The minimum absolute atomic E-state index is 0.0464. The predicted octanol–water partition coefficient (Wildman–Crippen LogP) is 3.58. The molecule has 0 aliphatic carbocycles. The number of fused-ring (bicyclic) bond motifs is 1. The Morgan fingerprint density at radius 3 is 2.34 bits per heavy atom. The highest BCUT2D eigenvalue weighted by molar-refractivity contribution is 5.96. The molecule has 4 rings (SSSR count). The van der Waals surface area contributed by atoms with E-state index in [9.17, 15) is 23.5 Å². The third-order valence-electron chi connectivity index (χ3n) is 4.95. The maximum absolute atomic E-state index is 13.9. The Morgan fingerprint density at radius 2 is 1.76 bits per heavy atom. The molecule has 148 valence electrons. The summed E-state index contributed by atoms with van der Waals surface area (Å²) in [6.07, 6.45) is -5.91. The monoisotopic (exact) mass is 400 g/mol. The fourth-order valence-corrected chi connectivity index (χ4v) is 3.71. The number of nitrogens with zero attached hydrogens (tertiary/aromatic N) is 3. The largest absolute Gasteiger partial charge is 0.508 e. The molecule has 0 amide bonds. The minimum atomic E-state index is -4.74. The summed E-state index contributed by atoms with van der Waals surface area (Å²) in [4.78, 5) is 0. The molecule has 2 aromatic carbocycles. The molecule has 0 fully saturated rings. The molecule has 2 aromatic rings. The van der Waals surface area contributed by atoms with Gasteiger partial charge in [-0.1, -0.05) is 30.3 Å². The van der Waals surface area contributed by atoms with Crippen LogP contribution in [0.2, 0.25) is 0 Å². The van der Waals surface area contributed by atoms with E-state index < -0.39 is 30.0 Å². The van der Waals surface area contributed by atoms with Crippen LogP contribution in [0.5, 0.6) is 5.75 Å². The summed E-state index contributed by atoms with van der Waals surface area (Å²) >= 11 is 0. The number of benzene rings is 2. The number of para-hydroxylation sites is 1. The fraction of sp³-hybridized carbons (Fsp3) is 0.200. The summed E-state index contributed by atoms with van der Waals surface area (Å²) in [5.41, 5.74) is 5.56. The van der Waals surface area contributed by atoms with Crippen LogP contribution in [-0.2, 0) is 4.74 Å². The van der Waals surface area contributed by atoms with Crippen molar-refractivity contribution in [2.75, 3.05) is 5.01 Å². The van der Waals surface area contributed by atoms with Gasteiger partial charge in [-0.25, -0.2) is 5.01 Å². The van der Waals surface area contributed by atoms with Crippen molar-refractivity contribution in [2.45, 2.75) is 18.3 Å². The van der Waals surface area contributed by atoms with Gasteiger partial charge in [-0.15, -0.1) is 0 Å². The van der Waals surface area contributed by atoms with Crippen LogP contribution in [0.1, 0.15) is 11.5 Å². The van der Waals surface area contributed by atoms with Crippen molar-refractivity contribution in [3.63, 3.8) is 0 Å². The van der Waals surface area contributed by atoms with Gasteiger partial charge in [-0.2, -0.15) is 23.5 Å². The first-order valence-electron chi connectivity index (χ1n) is 8.66. The predicted molar refractivity (Wildman–Crippen MR) is 98.4 cm³/mol. The Hall–Kier alpha value is -3.67. The molecule has 0 spiro atoms. The normalized spacial score (nSPS) is 23.9. The lowest BCUT2D eigenvalue weighted by atomic mass is 9.76. The number of hydrazone groups is 1. The third-order valence-corrected chi connectivity index (χ3v) is 4.95. The van der Waals surface area contributed by atoms with E-state index in [-0.39, 0.29) is 17.2 Å². The highest BCUT2D eigenvalue weighted by Crippen LogP contribution is 2.48. The van der Waals surface area contributed by atoms with Crippen LogP contribution in [0.3, 0.4) is 0 Å². The van der Waals surface area contributed by atoms with Crippen molar-refractivity contribution in [1.29, 1.82) is 5.26 Å². The number of rotatable bonds is 2. The number of phenols is 1. The smallest absolute Gasteiger partial charge is 0.431 e. The highest BCUT2D eigenvalue weighted by atomic mass is 19.4. The zero-order valence-corrected chi connectivity index (χ0v) is 14.8. The molecule has 0 unspecified atom stereocenters. The SMILES string of the molecule is N#CC1=C(N)O[C@H]2[C@@H](C(C(F)(F)F)=NN2c2ccccc2)[C@@H]1c1ccc(O)cc1. The van der Waals surface area contributed by atoms with Crippen LogP contribution in [0.25, 0.3) is 0 Å². The highest BCUT2D eigenvalue weighted by Gasteiger charge is 2.57. The average Bonchev–Trinajstić information content (AvgIpc) is 3.08. The van der Waals surface area contributed by atoms with Crippen molar-refractivity contribution in [1.82, 2.24) is 0 Å². The number of aromatic hydroxyl groups is 1. The zero-order chi connectivity index (χ0) is 20.8. The molecule has 9 heteroatoms. The Morgan fingerprint density at radius 1 is 1.10 bits per heavy atom. The maximum Gasteiger partial charge on any atom is 0.431 e. The van der Waals surface area contributed by atoms with Gasteiger partial charge in [0, 0.05) is 5.92 Å². The lowest BCUT2D eigenvalue weighted by Crippen LogP contribution is -2.46. The van der Waals surface area contributed by atoms with Crippen LogP contribution in [0.4, 0.5) is 18.9 Å². The number of hydrogen-bond donors (Lipinski definition) is 2. The Kier molecular flexibility index (Phi) is 4.34. The van der Waals surface area contributed by atoms with Crippen molar-refractivity contribution < 1.29 is 23.0 Å². The van der Waals surface area contributed by atoms with E-state index in [1.165, 1.54) is 24.3 Å². The summed E-state index contributed by atoms with van der Waals surface area (Å²) in [6.45, 7) is 0. The van der Waals surface area contributed by atoms with Crippen LogP contribution in [-0.4, -0.2) is 23.2 Å². The Bertz CT molecular complexity index is 1030. The van der Waals surface area contributed by atoms with Crippen LogP contribution in [0, 0.1) is 17.2 Å². The number of nitrogens with two attached hydrogens (primary N) is 1. The molecule has 2 heterocycles. The average molecular weight is 400 g/mol. The molecule has 0 radical (unpaired) electrons. The van der Waals surface area contributed by atoms with Crippen molar-refractivity contribution >= 4 is 11.4 Å². The molecule has 0 aromatic heterocycles. The fourth-order valence-electron chi connectivity index (χ4n) is 3.71. The van der Waals surface area contributed by atoms with Gasteiger partial charge in [0.15, 0.2) is 5.71 Å². The number of hydrogen-bond acceptors (Lipinski definition) is 6. The second-order valence-corrected chi connectivity index (χ2v) is 6.66. The molecule has 3 atom stereocenters. The number of anilines is 1. The second-order valence-electron chi connectivity index (χ2n) is 6.66. The lowest BCUT2D eigenvalue weighted by molar-refractivity contribution is -0.0658. The maximum atomic E-state index is 13.9. The summed E-state index contributed by atoms with van der Waals surface area (Å²) in [5.74, 6) is -2.64. The van der Waals surface area contributed by atoms with Gasteiger partial charge in [0.25, 0.3) is 0 Å². The van der Waals surface area contributed by atoms with Gasteiger partial charge < -0.3 is 15.6 Å². The van der Waals surface area contributed by atoms with Gasteiger partial charge in [0.2, 0.25) is 12.1 Å². The Labute approximate surface area is 163 Å². The first-order valence-corrected chi connectivity index (χ1v) is 8.66. The molecule has 2 aliphatic rings. The number of ether oxygens (including phenoxy) is 1. The molecule has 6 nitrogen and oxygen atoms in total. The number of allylic oxidation sites excluding steroid dienone is 1. The quantitative estimate of drug-likeness (QED) is 0.804. The molecule has 0 saturated heterocycles. The van der Waals surface area contributed by atoms with Crippen molar-refractivity contribution in [2.24, 2.45) is 16.8 Å². The van der Waals surface area contributed by atoms with Gasteiger partial charge >= 0.3 is 6.18 Å². The standard InChI is InChI=1S/C20H15F3N4O2/c21-20(22,23)17-16-15(11-6-8-13(28)9-7-11)14(10-24)18(25)29-19(16)27(26-17)12-4-2-1-3-5-12/h1-9,15-16,19,28H,25H2/t15-,16-,19+/m1/s1. The van der Waals surface area contributed by atoms with E-state index in [1.54, 1.807) is 30.3 Å². The molecule has 0 saturated carbocycles. The molecular weight excluding hydrogens is 385 g/mol. The van der Waals surface area contributed by atoms with Gasteiger partial charge in [-0.3, -0.25) is 0 Å². The van der Waals surface area contributed by atoms with Crippen molar-refractivity contribution in [3.05, 3.63) is 71.6 Å². The lowest BCUT2D eigenvalue weighted by Gasteiger charge is -2.37. The summed E-state index contributed by atoms with van der Waals surface area (Å²) < 4.78 is 47.3. The molecule has 3 N–H and O–H groups in total. The van der Waals surface area contributed by atoms with Crippen LogP contribution in [0.15, 0.2) is 71.2 Å². The minimum Gasteiger partial charge on any atom is -0.508 e. The molecule has 29 heavy (non-hydrogen) atoms. The number of alkyl halides is 3. The van der Waals surface area contributed by atoms with Gasteiger partial charge in [-0.05, 0) is 29.8 Å².